The number of carbonyl (C=O) groups is 1. The van der Waals surface area contributed by atoms with Crippen molar-refractivity contribution in [2.45, 2.75) is 25.0 Å². The Morgan fingerprint density at radius 1 is 1.30 bits per heavy atom. The van der Waals surface area contributed by atoms with Gasteiger partial charge in [-0.3, -0.25) is 0 Å². The summed E-state index contributed by atoms with van der Waals surface area (Å²) in [6.45, 7) is 2.53. The van der Waals surface area contributed by atoms with Gasteiger partial charge in [-0.05, 0) is 18.1 Å². The number of likely N-dealkylation sites (tertiary alicyclic amines) is 1. The van der Waals surface area contributed by atoms with Crippen LogP contribution in [-0.4, -0.2) is 30.6 Å². The number of hydrogen-bond acceptors (Lipinski definition) is 4. The van der Waals surface area contributed by atoms with E-state index >= 15 is 0 Å². The number of furan rings is 1. The van der Waals surface area contributed by atoms with E-state index in [9.17, 15) is 4.79 Å². The number of nitrogens with zero attached hydrogens (tertiary/aromatic N) is 1. The zero-order valence-electron chi connectivity index (χ0n) is 13.0. The van der Waals surface area contributed by atoms with Crippen molar-refractivity contribution in [1.82, 2.24) is 10.2 Å². The maximum absolute atomic E-state index is 12.3. The summed E-state index contributed by atoms with van der Waals surface area (Å²) in [6.07, 6.45) is 3.29. The van der Waals surface area contributed by atoms with Crippen LogP contribution in [0, 0.1) is 0 Å². The first-order valence-corrected chi connectivity index (χ1v) is 8.04. The molecule has 1 N–H and O–H groups in total. The third-order valence-corrected chi connectivity index (χ3v) is 4.81. The molecule has 5 nitrogen and oxygen atoms in total. The molecule has 1 aromatic carbocycles. The van der Waals surface area contributed by atoms with Crippen LogP contribution in [0.3, 0.4) is 0 Å². The van der Waals surface area contributed by atoms with E-state index in [2.05, 4.69) is 5.32 Å². The van der Waals surface area contributed by atoms with Gasteiger partial charge >= 0.3 is 6.09 Å². The summed E-state index contributed by atoms with van der Waals surface area (Å²) in [5, 5.41) is 3.59. The summed E-state index contributed by atoms with van der Waals surface area (Å²) in [5.74, 6) is 1.04. The minimum atomic E-state index is -0.247. The molecule has 23 heavy (non-hydrogen) atoms. The number of fused-ring (bicyclic) bond motifs is 2. The fraction of sp³-hybridized carbons (Fsp3) is 0.389. The average Bonchev–Trinajstić information content (AvgIpc) is 3.22. The summed E-state index contributed by atoms with van der Waals surface area (Å²) in [6, 6.07) is 11.8. The van der Waals surface area contributed by atoms with Crippen LogP contribution in [-0.2, 0) is 23.3 Å². The maximum Gasteiger partial charge on any atom is 0.410 e. The van der Waals surface area contributed by atoms with Crippen molar-refractivity contribution in [2.75, 3.05) is 19.6 Å². The molecule has 0 radical (unpaired) electrons. The predicted molar refractivity (Wildman–Crippen MR) is 84.9 cm³/mol. The molecule has 0 aliphatic carbocycles. The van der Waals surface area contributed by atoms with Crippen molar-refractivity contribution < 1.29 is 13.9 Å². The van der Waals surface area contributed by atoms with E-state index in [0.717, 1.165) is 30.7 Å². The molecule has 120 valence electrons. The Labute approximate surface area is 135 Å². The second kappa shape index (κ2) is 5.74. The van der Waals surface area contributed by atoms with E-state index in [-0.39, 0.29) is 11.6 Å². The SMILES string of the molecule is O=C(OCc1ccccc1)N1CCC2(C1)NCCc1occc12. The number of ether oxygens (including phenoxy) is 1. The third-order valence-electron chi connectivity index (χ3n) is 4.81. The molecule has 1 aromatic heterocycles. The molecule has 2 aromatic rings. The molecule has 1 spiro atoms. The van der Waals surface area contributed by atoms with Crippen molar-refractivity contribution in [2.24, 2.45) is 0 Å². The second-order valence-corrected chi connectivity index (χ2v) is 6.23. The van der Waals surface area contributed by atoms with E-state index in [4.69, 9.17) is 9.15 Å². The second-order valence-electron chi connectivity index (χ2n) is 6.23. The molecule has 2 aliphatic heterocycles. The van der Waals surface area contributed by atoms with Gasteiger partial charge in [-0.25, -0.2) is 4.79 Å². The van der Waals surface area contributed by atoms with E-state index < -0.39 is 0 Å². The van der Waals surface area contributed by atoms with Crippen molar-refractivity contribution in [1.29, 1.82) is 0 Å². The molecule has 1 amide bonds. The van der Waals surface area contributed by atoms with Crippen LogP contribution in [0.1, 0.15) is 23.3 Å². The topological polar surface area (TPSA) is 54.7 Å². The standard InChI is InChI=1S/C18H20N2O3/c21-17(23-12-14-4-2-1-3-5-14)20-10-8-18(13-20)15-7-11-22-16(15)6-9-19-18/h1-5,7,11,19H,6,8-10,12-13H2. The van der Waals surface area contributed by atoms with Crippen LogP contribution in [0.4, 0.5) is 4.79 Å². The smallest absolute Gasteiger partial charge is 0.410 e. The highest BCUT2D eigenvalue weighted by atomic mass is 16.6. The quantitative estimate of drug-likeness (QED) is 0.926. The van der Waals surface area contributed by atoms with Gasteiger partial charge in [-0.15, -0.1) is 0 Å². The van der Waals surface area contributed by atoms with Gasteiger partial charge in [0.1, 0.15) is 12.4 Å². The lowest BCUT2D eigenvalue weighted by molar-refractivity contribution is 0.101. The molecule has 1 saturated heterocycles. The summed E-state index contributed by atoms with van der Waals surface area (Å²) in [5.41, 5.74) is 2.02. The van der Waals surface area contributed by atoms with Gasteiger partial charge in [0.15, 0.2) is 0 Å². The van der Waals surface area contributed by atoms with Gasteiger partial charge in [0, 0.05) is 31.6 Å². The van der Waals surface area contributed by atoms with E-state index in [0.29, 0.717) is 19.7 Å². The summed E-state index contributed by atoms with van der Waals surface area (Å²) < 4.78 is 11.0. The average molecular weight is 312 g/mol. The number of benzene rings is 1. The fourth-order valence-electron chi connectivity index (χ4n) is 3.61. The van der Waals surface area contributed by atoms with Crippen LogP contribution in [0.2, 0.25) is 0 Å². The lowest BCUT2D eigenvalue weighted by Gasteiger charge is -2.34. The minimum Gasteiger partial charge on any atom is -0.469 e. The Balaban J connectivity index is 1.42. The lowest BCUT2D eigenvalue weighted by Crippen LogP contribution is -2.49. The molecule has 4 rings (SSSR count). The highest BCUT2D eigenvalue weighted by molar-refractivity contribution is 5.68. The van der Waals surface area contributed by atoms with Crippen LogP contribution in [0.15, 0.2) is 47.1 Å². The zero-order valence-corrected chi connectivity index (χ0v) is 13.0. The summed E-state index contributed by atoms with van der Waals surface area (Å²) in [4.78, 5) is 14.1. The first-order valence-electron chi connectivity index (χ1n) is 8.04. The minimum absolute atomic E-state index is 0.174. The third kappa shape index (κ3) is 2.61. The van der Waals surface area contributed by atoms with E-state index in [1.807, 2.05) is 36.4 Å². The molecule has 5 heteroatoms. The molecule has 1 unspecified atom stereocenters. The van der Waals surface area contributed by atoms with Crippen molar-refractivity contribution >= 4 is 6.09 Å². The number of hydrogen-bond donors (Lipinski definition) is 1. The number of rotatable bonds is 2. The summed E-state index contributed by atoms with van der Waals surface area (Å²) >= 11 is 0. The number of nitrogens with one attached hydrogen (secondary N) is 1. The molecular formula is C18H20N2O3. The van der Waals surface area contributed by atoms with E-state index in [1.54, 1.807) is 11.2 Å². The predicted octanol–water partition coefficient (Wildman–Crippen LogP) is 2.66. The highest BCUT2D eigenvalue weighted by Gasteiger charge is 2.45. The number of amides is 1. The maximum atomic E-state index is 12.3. The normalized spacial score (nSPS) is 23.0. The Hall–Kier alpha value is -2.27. The van der Waals surface area contributed by atoms with E-state index in [1.165, 1.54) is 5.56 Å². The van der Waals surface area contributed by atoms with Gasteiger partial charge in [-0.1, -0.05) is 30.3 Å². The Bertz CT molecular complexity index is 697. The van der Waals surface area contributed by atoms with Gasteiger partial charge < -0.3 is 19.4 Å². The van der Waals surface area contributed by atoms with Crippen molar-refractivity contribution in [3.05, 3.63) is 59.5 Å². The Morgan fingerprint density at radius 3 is 3.04 bits per heavy atom. The van der Waals surface area contributed by atoms with Gasteiger partial charge in [0.25, 0.3) is 0 Å². The fourth-order valence-corrected chi connectivity index (χ4v) is 3.61. The Kier molecular flexibility index (Phi) is 3.58. The van der Waals surface area contributed by atoms with Crippen LogP contribution >= 0.6 is 0 Å². The van der Waals surface area contributed by atoms with Gasteiger partial charge in [-0.2, -0.15) is 0 Å². The first-order chi connectivity index (χ1) is 11.3. The van der Waals surface area contributed by atoms with Crippen LogP contribution in [0.5, 0.6) is 0 Å². The monoisotopic (exact) mass is 312 g/mol. The molecule has 3 heterocycles. The van der Waals surface area contributed by atoms with Gasteiger partial charge in [0.2, 0.25) is 0 Å². The highest BCUT2D eigenvalue weighted by Crippen LogP contribution is 2.37. The molecular weight excluding hydrogens is 292 g/mol. The molecule has 1 atom stereocenters. The van der Waals surface area contributed by atoms with Crippen LogP contribution < -0.4 is 5.32 Å². The first kappa shape index (κ1) is 14.3. The lowest BCUT2D eigenvalue weighted by atomic mass is 9.85. The molecule has 0 saturated carbocycles. The van der Waals surface area contributed by atoms with Crippen LogP contribution in [0.25, 0.3) is 0 Å². The molecule has 0 bridgehead atoms. The van der Waals surface area contributed by atoms with Gasteiger partial charge in [0.05, 0.1) is 11.8 Å². The Morgan fingerprint density at radius 2 is 2.17 bits per heavy atom. The number of carbonyl (C=O) groups excluding carboxylic acids is 1. The molecule has 1 fully saturated rings. The van der Waals surface area contributed by atoms with Crippen molar-refractivity contribution in [3.8, 4) is 0 Å². The largest absolute Gasteiger partial charge is 0.469 e. The molecule has 2 aliphatic rings. The van der Waals surface area contributed by atoms with Crippen molar-refractivity contribution in [3.63, 3.8) is 0 Å². The summed E-state index contributed by atoms with van der Waals surface area (Å²) in [7, 11) is 0. The zero-order chi connectivity index (χ0) is 15.7.